The van der Waals surface area contributed by atoms with E-state index in [9.17, 15) is 0 Å². The number of rotatable bonds is 2. The molecule has 3 aromatic heterocycles. The second-order valence-corrected chi connectivity index (χ2v) is 8.95. The molecule has 7 rings (SSSR count). The molecule has 7 aromatic rings. The molecule has 0 amide bonds. The van der Waals surface area contributed by atoms with E-state index in [0.717, 1.165) is 55.5 Å². The molecule has 0 atom stereocenters. The lowest BCUT2D eigenvalue weighted by Crippen LogP contribution is -2.00. The van der Waals surface area contributed by atoms with Gasteiger partial charge in [-0.2, -0.15) is 0 Å². The lowest BCUT2D eigenvalue weighted by molar-refractivity contribution is 1.10. The van der Waals surface area contributed by atoms with Gasteiger partial charge in [-0.3, -0.25) is 9.13 Å². The van der Waals surface area contributed by atoms with Crippen LogP contribution in [0.1, 0.15) is 11.1 Å². The fraction of sp³-hybridized carbons (Fsp3) is 0.0667. The van der Waals surface area contributed by atoms with E-state index in [0.29, 0.717) is 0 Å². The summed E-state index contributed by atoms with van der Waals surface area (Å²) in [4.78, 5) is 10.6. The van der Waals surface area contributed by atoms with Crippen molar-refractivity contribution in [2.45, 2.75) is 13.8 Å². The SMILES string of the molecule is Cc1cccc(-n2c3ccccc3c3nc4c5ccccc5n(-c5cccc(C)c5)c4nc32)c1. The molecule has 34 heavy (non-hydrogen) atoms. The van der Waals surface area contributed by atoms with Gasteiger partial charge in [0, 0.05) is 22.1 Å². The van der Waals surface area contributed by atoms with Gasteiger partial charge in [0.1, 0.15) is 11.0 Å². The molecule has 4 aromatic carbocycles. The van der Waals surface area contributed by atoms with Crippen molar-refractivity contribution in [2.75, 3.05) is 0 Å². The molecule has 4 nitrogen and oxygen atoms in total. The monoisotopic (exact) mass is 438 g/mol. The number of aryl methyl sites for hydroxylation is 2. The molecule has 0 aliphatic heterocycles. The molecule has 0 saturated heterocycles. The summed E-state index contributed by atoms with van der Waals surface area (Å²) in [6.07, 6.45) is 0. The molecule has 162 valence electrons. The van der Waals surface area contributed by atoms with Crippen LogP contribution in [0, 0.1) is 13.8 Å². The Morgan fingerprint density at radius 1 is 0.500 bits per heavy atom. The Kier molecular flexibility index (Phi) is 3.94. The Bertz CT molecular complexity index is 1750. The van der Waals surface area contributed by atoms with E-state index in [1.54, 1.807) is 0 Å². The smallest absolute Gasteiger partial charge is 0.166 e. The Morgan fingerprint density at radius 2 is 0.971 bits per heavy atom. The minimum atomic E-state index is 0.871. The molecule has 4 heteroatoms. The third-order valence-corrected chi connectivity index (χ3v) is 6.60. The molecule has 0 aliphatic carbocycles. The van der Waals surface area contributed by atoms with Crippen LogP contribution >= 0.6 is 0 Å². The molecule has 0 spiro atoms. The number of nitrogens with zero attached hydrogens (tertiary/aromatic N) is 4. The van der Waals surface area contributed by atoms with Crippen molar-refractivity contribution in [3.63, 3.8) is 0 Å². The molecule has 3 heterocycles. The van der Waals surface area contributed by atoms with Gasteiger partial charge in [0.05, 0.1) is 11.0 Å². The highest BCUT2D eigenvalue weighted by Gasteiger charge is 2.20. The quantitative estimate of drug-likeness (QED) is 0.284. The van der Waals surface area contributed by atoms with Crippen LogP contribution in [0.5, 0.6) is 0 Å². The predicted molar refractivity (Wildman–Crippen MR) is 140 cm³/mol. The molecule has 0 N–H and O–H groups in total. The fourth-order valence-corrected chi connectivity index (χ4v) is 5.11. The summed E-state index contributed by atoms with van der Waals surface area (Å²) in [5.41, 5.74) is 10.4. The number of fused-ring (bicyclic) bond motifs is 6. The number of para-hydroxylation sites is 2. The Balaban J connectivity index is 1.69. The van der Waals surface area contributed by atoms with Gasteiger partial charge in [-0.15, -0.1) is 0 Å². The van der Waals surface area contributed by atoms with E-state index in [4.69, 9.17) is 9.97 Å². The first kappa shape index (κ1) is 19.1. The van der Waals surface area contributed by atoms with Gasteiger partial charge in [-0.05, 0) is 61.4 Å². The van der Waals surface area contributed by atoms with Gasteiger partial charge in [0.15, 0.2) is 11.3 Å². The molecule has 0 fully saturated rings. The van der Waals surface area contributed by atoms with E-state index >= 15 is 0 Å². The van der Waals surface area contributed by atoms with Crippen LogP contribution in [0.3, 0.4) is 0 Å². The highest BCUT2D eigenvalue weighted by molar-refractivity contribution is 6.12. The predicted octanol–water partition coefficient (Wildman–Crippen LogP) is 7.29. The van der Waals surface area contributed by atoms with Gasteiger partial charge in [0.2, 0.25) is 0 Å². The number of benzene rings is 4. The van der Waals surface area contributed by atoms with Crippen molar-refractivity contribution in [3.8, 4) is 11.4 Å². The molecule has 0 saturated carbocycles. The second kappa shape index (κ2) is 7.03. The van der Waals surface area contributed by atoms with Crippen LogP contribution in [0.25, 0.3) is 55.5 Å². The minimum Gasteiger partial charge on any atom is -0.292 e. The van der Waals surface area contributed by atoms with E-state index in [2.05, 4.69) is 120 Å². The molecule has 0 bridgehead atoms. The average Bonchev–Trinajstić information content (AvgIpc) is 3.35. The van der Waals surface area contributed by atoms with E-state index in [1.165, 1.54) is 11.1 Å². The highest BCUT2D eigenvalue weighted by atomic mass is 15.1. The first-order valence-corrected chi connectivity index (χ1v) is 11.5. The van der Waals surface area contributed by atoms with Crippen molar-refractivity contribution in [1.82, 2.24) is 19.1 Å². The van der Waals surface area contributed by atoms with Crippen LogP contribution in [0.15, 0.2) is 97.1 Å². The first-order valence-electron chi connectivity index (χ1n) is 11.5. The van der Waals surface area contributed by atoms with Crippen molar-refractivity contribution in [2.24, 2.45) is 0 Å². The van der Waals surface area contributed by atoms with Crippen molar-refractivity contribution in [3.05, 3.63) is 108 Å². The molecule has 0 unspecified atom stereocenters. The molecule has 0 radical (unpaired) electrons. The van der Waals surface area contributed by atoms with Crippen molar-refractivity contribution in [1.29, 1.82) is 0 Å². The standard InChI is InChI=1S/C30H22N4/c1-19-9-7-11-21(17-19)33-25-15-5-3-13-23(25)27-29(33)32-30-28(31-27)24-14-4-6-16-26(24)34(30)22-12-8-10-20(2)18-22/h3-18H,1-2H3. The number of hydrogen-bond acceptors (Lipinski definition) is 2. The summed E-state index contributed by atoms with van der Waals surface area (Å²) in [7, 11) is 0. The average molecular weight is 439 g/mol. The van der Waals surface area contributed by atoms with Gasteiger partial charge in [-0.1, -0.05) is 60.7 Å². The molecule has 0 aliphatic rings. The summed E-state index contributed by atoms with van der Waals surface area (Å²) in [5, 5.41) is 2.22. The Hall–Kier alpha value is -4.44. The van der Waals surface area contributed by atoms with Gasteiger partial charge in [0.25, 0.3) is 0 Å². The summed E-state index contributed by atoms with van der Waals surface area (Å²) >= 11 is 0. The lowest BCUT2D eigenvalue weighted by Gasteiger charge is -2.09. The van der Waals surface area contributed by atoms with Crippen molar-refractivity contribution >= 4 is 44.1 Å². The van der Waals surface area contributed by atoms with E-state index < -0.39 is 0 Å². The fourth-order valence-electron chi connectivity index (χ4n) is 5.11. The molecular formula is C30H22N4. The summed E-state index contributed by atoms with van der Waals surface area (Å²) in [6.45, 7) is 4.24. The summed E-state index contributed by atoms with van der Waals surface area (Å²) < 4.78 is 4.48. The maximum atomic E-state index is 5.33. The maximum absolute atomic E-state index is 5.33. The van der Waals surface area contributed by atoms with E-state index in [-0.39, 0.29) is 0 Å². The van der Waals surface area contributed by atoms with Crippen LogP contribution < -0.4 is 0 Å². The zero-order chi connectivity index (χ0) is 22.8. The zero-order valence-electron chi connectivity index (χ0n) is 19.0. The number of aromatic nitrogens is 4. The van der Waals surface area contributed by atoms with Crippen molar-refractivity contribution < 1.29 is 0 Å². The number of hydrogen-bond donors (Lipinski definition) is 0. The largest absolute Gasteiger partial charge is 0.292 e. The van der Waals surface area contributed by atoms with Gasteiger partial charge < -0.3 is 0 Å². The van der Waals surface area contributed by atoms with Gasteiger partial charge >= 0.3 is 0 Å². The normalized spacial score (nSPS) is 11.8. The third-order valence-electron chi connectivity index (χ3n) is 6.60. The topological polar surface area (TPSA) is 35.6 Å². The first-order chi connectivity index (χ1) is 16.7. The van der Waals surface area contributed by atoms with E-state index in [1.807, 2.05) is 0 Å². The lowest BCUT2D eigenvalue weighted by atomic mass is 10.2. The Labute approximate surface area is 196 Å². The van der Waals surface area contributed by atoms with Crippen LogP contribution in [-0.4, -0.2) is 19.1 Å². The van der Waals surface area contributed by atoms with Gasteiger partial charge in [-0.25, -0.2) is 9.97 Å². The summed E-state index contributed by atoms with van der Waals surface area (Å²) in [6, 6.07) is 34.0. The van der Waals surface area contributed by atoms with Crippen LogP contribution in [-0.2, 0) is 0 Å². The maximum Gasteiger partial charge on any atom is 0.166 e. The third kappa shape index (κ3) is 2.66. The zero-order valence-corrected chi connectivity index (χ0v) is 19.0. The highest BCUT2D eigenvalue weighted by Crippen LogP contribution is 2.35. The molecular weight excluding hydrogens is 416 g/mol. The summed E-state index contributed by atoms with van der Waals surface area (Å²) in [5.74, 6) is 0. The second-order valence-electron chi connectivity index (χ2n) is 8.95. The van der Waals surface area contributed by atoms with Crippen LogP contribution in [0.4, 0.5) is 0 Å². The minimum absolute atomic E-state index is 0.871. The van der Waals surface area contributed by atoms with Crippen LogP contribution in [0.2, 0.25) is 0 Å². The Morgan fingerprint density at radius 3 is 1.44 bits per heavy atom.